The molecule has 0 bridgehead atoms. The van der Waals surface area contributed by atoms with Gasteiger partial charge in [0.1, 0.15) is 5.75 Å². The monoisotopic (exact) mass is 371 g/mol. The smallest absolute Gasteiger partial charge is 0.393 e. The van der Waals surface area contributed by atoms with Crippen molar-refractivity contribution in [3.63, 3.8) is 0 Å². The summed E-state index contributed by atoms with van der Waals surface area (Å²) >= 11 is 0. The third kappa shape index (κ3) is 3.92. The van der Waals surface area contributed by atoms with Crippen molar-refractivity contribution < 1.29 is 27.5 Å². The van der Waals surface area contributed by atoms with Crippen LogP contribution < -0.4 is 15.4 Å². The van der Waals surface area contributed by atoms with Gasteiger partial charge in [0.05, 0.1) is 24.7 Å². The maximum atomic E-state index is 13.0. The molecule has 1 aromatic rings. The fraction of sp³-hybridized carbons (Fsp3) is 0.529. The Hall–Kier alpha value is -2.29. The van der Waals surface area contributed by atoms with Crippen LogP contribution in [-0.2, 0) is 9.59 Å². The molecule has 1 saturated heterocycles. The van der Waals surface area contributed by atoms with Crippen LogP contribution in [0.3, 0.4) is 0 Å². The number of amides is 2. The maximum absolute atomic E-state index is 13.0. The first-order valence-corrected chi connectivity index (χ1v) is 8.40. The summed E-state index contributed by atoms with van der Waals surface area (Å²) in [5, 5.41) is 0. The number of halogens is 3. The van der Waals surface area contributed by atoms with Gasteiger partial charge in [0.25, 0.3) is 5.91 Å². The Kier molecular flexibility index (Phi) is 5.08. The molecule has 1 aromatic carbocycles. The molecule has 2 amide bonds. The van der Waals surface area contributed by atoms with Gasteiger partial charge >= 0.3 is 6.18 Å². The number of ether oxygens (including phenoxy) is 1. The zero-order valence-electron chi connectivity index (χ0n) is 14.0. The lowest BCUT2D eigenvalue weighted by Gasteiger charge is -2.37. The van der Waals surface area contributed by atoms with E-state index >= 15 is 0 Å². The van der Waals surface area contributed by atoms with Crippen molar-refractivity contribution >= 4 is 17.5 Å². The highest BCUT2D eigenvalue weighted by Crippen LogP contribution is 2.35. The summed E-state index contributed by atoms with van der Waals surface area (Å²) < 4.78 is 44.4. The number of carbonyl (C=O) groups excluding carboxylic acids is 2. The number of piperidine rings is 1. The van der Waals surface area contributed by atoms with E-state index in [2.05, 4.69) is 0 Å². The number of primary amides is 1. The minimum absolute atomic E-state index is 0.0538. The number of anilines is 1. The number of nitrogens with two attached hydrogens (primary N) is 1. The van der Waals surface area contributed by atoms with E-state index in [0.717, 1.165) is 0 Å². The van der Waals surface area contributed by atoms with E-state index in [1.54, 1.807) is 24.3 Å². The van der Waals surface area contributed by atoms with Crippen molar-refractivity contribution in [3.8, 4) is 5.75 Å². The molecular formula is C17H20F3N3O3. The Morgan fingerprint density at radius 1 is 1.23 bits per heavy atom. The van der Waals surface area contributed by atoms with Gasteiger partial charge in [-0.05, 0) is 31.5 Å². The molecule has 2 N–H and O–H groups in total. The molecule has 9 heteroatoms. The summed E-state index contributed by atoms with van der Waals surface area (Å²) in [7, 11) is 0. The first-order valence-electron chi connectivity index (χ1n) is 8.40. The van der Waals surface area contributed by atoms with Crippen LogP contribution in [0.1, 0.15) is 12.8 Å². The molecule has 26 heavy (non-hydrogen) atoms. The number of hydrogen-bond acceptors (Lipinski definition) is 4. The molecular weight excluding hydrogens is 351 g/mol. The summed E-state index contributed by atoms with van der Waals surface area (Å²) in [4.78, 5) is 27.1. The van der Waals surface area contributed by atoms with Gasteiger partial charge in [0.15, 0.2) is 6.10 Å². The number of nitrogens with zero attached hydrogens (tertiary/aromatic N) is 2. The molecule has 2 aliphatic rings. The zero-order chi connectivity index (χ0) is 18.9. The molecule has 0 aliphatic carbocycles. The molecule has 2 atom stereocenters. The summed E-state index contributed by atoms with van der Waals surface area (Å²) in [6.45, 7) is 0.0398. The lowest BCUT2D eigenvalue weighted by molar-refractivity contribution is -0.187. The number of benzene rings is 1. The predicted molar refractivity (Wildman–Crippen MR) is 87.6 cm³/mol. The Morgan fingerprint density at radius 3 is 2.65 bits per heavy atom. The Balaban J connectivity index is 1.73. The molecule has 0 saturated carbocycles. The fourth-order valence-corrected chi connectivity index (χ4v) is 3.36. The van der Waals surface area contributed by atoms with Gasteiger partial charge in [-0.1, -0.05) is 12.1 Å². The maximum Gasteiger partial charge on any atom is 0.393 e. The van der Waals surface area contributed by atoms with Crippen LogP contribution in [0, 0.1) is 5.92 Å². The van der Waals surface area contributed by atoms with Gasteiger partial charge in [-0.3, -0.25) is 14.5 Å². The van der Waals surface area contributed by atoms with Gasteiger partial charge < -0.3 is 15.4 Å². The normalized spacial score (nSPS) is 23.9. The number of fused-ring (bicyclic) bond motifs is 1. The van der Waals surface area contributed by atoms with Gasteiger partial charge in [-0.25, -0.2) is 0 Å². The van der Waals surface area contributed by atoms with Crippen molar-refractivity contribution in [1.82, 2.24) is 4.90 Å². The van der Waals surface area contributed by atoms with Gasteiger partial charge in [-0.2, -0.15) is 13.2 Å². The molecule has 2 aliphatic heterocycles. The quantitative estimate of drug-likeness (QED) is 0.875. The van der Waals surface area contributed by atoms with Crippen LogP contribution in [0.25, 0.3) is 0 Å². The third-order valence-electron chi connectivity index (χ3n) is 4.72. The largest absolute Gasteiger partial charge is 0.477 e. The summed E-state index contributed by atoms with van der Waals surface area (Å²) in [6, 6.07) is 6.70. The molecule has 142 valence electrons. The average Bonchev–Trinajstić information content (AvgIpc) is 2.60. The van der Waals surface area contributed by atoms with E-state index in [-0.39, 0.29) is 32.0 Å². The molecule has 6 nitrogen and oxygen atoms in total. The molecule has 1 fully saturated rings. The summed E-state index contributed by atoms with van der Waals surface area (Å²) in [5.74, 6) is -2.15. The summed E-state index contributed by atoms with van der Waals surface area (Å²) in [5.41, 5.74) is 5.79. The highest BCUT2D eigenvalue weighted by molar-refractivity contribution is 5.98. The predicted octanol–water partition coefficient (Wildman–Crippen LogP) is 1.54. The number of para-hydroxylation sites is 2. The standard InChI is InChI=1S/C17H20F3N3O3/c18-17(19,20)11-4-3-7-22(8-11)10-15(24)23-9-14(16(21)25)26-13-6-2-1-5-12(13)23/h1-2,5-6,11,14H,3-4,7-10H2,(H2,21,25)/t11-,14+/m0/s1. The number of alkyl halides is 3. The minimum Gasteiger partial charge on any atom is -0.477 e. The van der Waals surface area contributed by atoms with E-state index in [1.807, 2.05) is 0 Å². The fourth-order valence-electron chi connectivity index (χ4n) is 3.36. The molecule has 0 spiro atoms. The lowest BCUT2D eigenvalue weighted by atomic mass is 9.97. The van der Waals surface area contributed by atoms with Gasteiger partial charge in [0, 0.05) is 6.54 Å². The van der Waals surface area contributed by atoms with Crippen LogP contribution in [0.5, 0.6) is 5.75 Å². The number of hydrogen-bond donors (Lipinski definition) is 1. The van der Waals surface area contributed by atoms with Crippen molar-refractivity contribution in [3.05, 3.63) is 24.3 Å². The second-order valence-electron chi connectivity index (χ2n) is 6.60. The first kappa shape index (κ1) is 18.5. The second-order valence-corrected chi connectivity index (χ2v) is 6.60. The Labute approximate surface area is 148 Å². The second kappa shape index (κ2) is 7.14. The van der Waals surface area contributed by atoms with Crippen molar-refractivity contribution in [1.29, 1.82) is 0 Å². The van der Waals surface area contributed by atoms with E-state index < -0.39 is 24.1 Å². The SMILES string of the molecule is NC(=O)[C@H]1CN(C(=O)CN2CCC[C@H](C(F)(F)F)C2)c2ccccc2O1. The number of likely N-dealkylation sites (tertiary alicyclic amines) is 1. The molecule has 3 rings (SSSR count). The lowest BCUT2D eigenvalue weighted by Crippen LogP contribution is -2.52. The van der Waals surface area contributed by atoms with Crippen LogP contribution in [-0.4, -0.2) is 55.2 Å². The van der Waals surface area contributed by atoms with E-state index in [4.69, 9.17) is 10.5 Å². The third-order valence-corrected chi connectivity index (χ3v) is 4.72. The minimum atomic E-state index is -4.26. The topological polar surface area (TPSA) is 75.9 Å². The van der Waals surface area contributed by atoms with Gasteiger partial charge in [0.2, 0.25) is 5.91 Å². The molecule has 0 aromatic heterocycles. The van der Waals surface area contributed by atoms with Crippen molar-refractivity contribution in [2.45, 2.75) is 25.1 Å². The first-order chi connectivity index (χ1) is 12.3. The highest BCUT2D eigenvalue weighted by atomic mass is 19.4. The molecule has 0 radical (unpaired) electrons. The van der Waals surface area contributed by atoms with Gasteiger partial charge in [-0.15, -0.1) is 0 Å². The number of rotatable bonds is 3. The van der Waals surface area contributed by atoms with E-state index in [1.165, 1.54) is 9.80 Å². The zero-order valence-corrected chi connectivity index (χ0v) is 14.0. The highest BCUT2D eigenvalue weighted by Gasteiger charge is 2.42. The van der Waals surface area contributed by atoms with E-state index in [9.17, 15) is 22.8 Å². The van der Waals surface area contributed by atoms with Crippen molar-refractivity contribution in [2.24, 2.45) is 11.7 Å². The Morgan fingerprint density at radius 2 is 1.96 bits per heavy atom. The van der Waals surface area contributed by atoms with Crippen LogP contribution in [0.4, 0.5) is 18.9 Å². The van der Waals surface area contributed by atoms with Crippen LogP contribution in [0.2, 0.25) is 0 Å². The van der Waals surface area contributed by atoms with Crippen molar-refractivity contribution in [2.75, 3.05) is 31.1 Å². The molecule has 0 unspecified atom stereocenters. The summed E-state index contributed by atoms with van der Waals surface area (Å²) in [6.07, 6.45) is -4.78. The Bertz CT molecular complexity index is 695. The van der Waals surface area contributed by atoms with Crippen LogP contribution in [0.15, 0.2) is 24.3 Å². The number of carbonyl (C=O) groups is 2. The molecule has 2 heterocycles. The van der Waals surface area contributed by atoms with Crippen LogP contribution >= 0.6 is 0 Å². The average molecular weight is 371 g/mol. The van der Waals surface area contributed by atoms with E-state index in [0.29, 0.717) is 24.4 Å².